The first-order chi connectivity index (χ1) is 8.52. The zero-order valence-corrected chi connectivity index (χ0v) is 10.9. The molecule has 0 aliphatic heterocycles. The normalized spacial score (nSPS) is 9.72. The number of hydrogen-bond donors (Lipinski definition) is 2. The highest BCUT2D eigenvalue weighted by Crippen LogP contribution is 2.18. The molecule has 1 rings (SSSR count). The summed E-state index contributed by atoms with van der Waals surface area (Å²) in [5.41, 5.74) is 6.58. The number of ether oxygens (including phenoxy) is 1. The van der Waals surface area contributed by atoms with Crippen molar-refractivity contribution in [2.24, 2.45) is 0 Å². The molecule has 0 unspecified atom stereocenters. The van der Waals surface area contributed by atoms with Gasteiger partial charge >= 0.3 is 0 Å². The van der Waals surface area contributed by atoms with E-state index in [9.17, 15) is 9.59 Å². The van der Waals surface area contributed by atoms with E-state index in [4.69, 9.17) is 4.74 Å². The molecule has 0 spiro atoms. The number of amides is 2. The Balaban J connectivity index is 2.42. The van der Waals surface area contributed by atoms with Crippen LogP contribution >= 0.6 is 0 Å². The Morgan fingerprint density at radius 3 is 2.50 bits per heavy atom. The summed E-state index contributed by atoms with van der Waals surface area (Å²) in [5, 5.41) is 0. The minimum absolute atomic E-state index is 0.131. The third-order valence-corrected chi connectivity index (χ3v) is 2.36. The lowest BCUT2D eigenvalue weighted by Gasteiger charge is -2.10. The maximum Gasteiger partial charge on any atom is 0.276 e. The zero-order valence-electron chi connectivity index (χ0n) is 10.9. The van der Waals surface area contributed by atoms with E-state index in [0.717, 1.165) is 11.1 Å². The Labute approximate surface area is 106 Å². The van der Waals surface area contributed by atoms with E-state index in [2.05, 4.69) is 10.9 Å². The standard InChI is InChI=1S/C13H18N2O3/c1-4-12(16)14-15-13(17)8-18-11-7-9(2)5-6-10(11)3/h5-7H,4,8H2,1-3H3,(H,14,16)(H,15,17). The summed E-state index contributed by atoms with van der Waals surface area (Å²) in [5.74, 6) is 0.0414. The van der Waals surface area contributed by atoms with Crippen molar-refractivity contribution >= 4 is 11.8 Å². The second-order valence-electron chi connectivity index (χ2n) is 4.01. The molecule has 2 N–H and O–H groups in total. The van der Waals surface area contributed by atoms with Gasteiger partial charge in [0.15, 0.2) is 6.61 Å². The lowest BCUT2D eigenvalue weighted by atomic mass is 10.1. The van der Waals surface area contributed by atoms with Crippen molar-refractivity contribution in [2.75, 3.05) is 6.61 Å². The maximum atomic E-state index is 11.4. The van der Waals surface area contributed by atoms with E-state index in [0.29, 0.717) is 12.2 Å². The van der Waals surface area contributed by atoms with Crippen molar-refractivity contribution in [3.8, 4) is 5.75 Å². The van der Waals surface area contributed by atoms with Gasteiger partial charge in [-0.1, -0.05) is 19.1 Å². The monoisotopic (exact) mass is 250 g/mol. The molecule has 0 bridgehead atoms. The fraction of sp³-hybridized carbons (Fsp3) is 0.385. The molecule has 0 heterocycles. The summed E-state index contributed by atoms with van der Waals surface area (Å²) in [7, 11) is 0. The third kappa shape index (κ3) is 4.45. The summed E-state index contributed by atoms with van der Waals surface area (Å²) < 4.78 is 5.38. The second-order valence-corrected chi connectivity index (χ2v) is 4.01. The number of nitrogens with one attached hydrogen (secondary N) is 2. The van der Waals surface area contributed by atoms with Crippen LogP contribution in [0.3, 0.4) is 0 Å². The fourth-order valence-corrected chi connectivity index (χ4v) is 1.27. The van der Waals surface area contributed by atoms with Crippen LogP contribution in [0, 0.1) is 13.8 Å². The van der Waals surface area contributed by atoms with Crippen LogP contribution < -0.4 is 15.6 Å². The predicted molar refractivity (Wildman–Crippen MR) is 68.0 cm³/mol. The highest BCUT2D eigenvalue weighted by Gasteiger charge is 2.05. The van der Waals surface area contributed by atoms with E-state index in [1.807, 2.05) is 32.0 Å². The van der Waals surface area contributed by atoms with Crippen LogP contribution in [0.5, 0.6) is 5.75 Å². The van der Waals surface area contributed by atoms with Gasteiger partial charge in [-0.2, -0.15) is 0 Å². The molecule has 0 atom stereocenters. The summed E-state index contributed by atoms with van der Waals surface area (Å²) in [6, 6.07) is 5.78. The van der Waals surface area contributed by atoms with Gasteiger partial charge in [0.1, 0.15) is 5.75 Å². The van der Waals surface area contributed by atoms with Gasteiger partial charge in [0.05, 0.1) is 0 Å². The number of hydrogen-bond acceptors (Lipinski definition) is 3. The van der Waals surface area contributed by atoms with Crippen molar-refractivity contribution in [3.63, 3.8) is 0 Å². The van der Waals surface area contributed by atoms with Crippen LogP contribution in [0.4, 0.5) is 0 Å². The van der Waals surface area contributed by atoms with Crippen LogP contribution in [0.1, 0.15) is 24.5 Å². The first-order valence-electron chi connectivity index (χ1n) is 5.80. The van der Waals surface area contributed by atoms with E-state index >= 15 is 0 Å². The molecule has 5 nitrogen and oxygen atoms in total. The SMILES string of the molecule is CCC(=O)NNC(=O)COc1cc(C)ccc1C. The van der Waals surface area contributed by atoms with Gasteiger partial charge in [0.25, 0.3) is 5.91 Å². The molecule has 0 aromatic heterocycles. The van der Waals surface area contributed by atoms with Gasteiger partial charge in [0.2, 0.25) is 5.91 Å². The van der Waals surface area contributed by atoms with Crippen molar-refractivity contribution in [1.82, 2.24) is 10.9 Å². The molecule has 98 valence electrons. The number of carbonyl (C=O) groups excluding carboxylic acids is 2. The molecule has 0 radical (unpaired) electrons. The summed E-state index contributed by atoms with van der Waals surface area (Å²) >= 11 is 0. The van der Waals surface area contributed by atoms with Crippen molar-refractivity contribution in [3.05, 3.63) is 29.3 Å². The van der Waals surface area contributed by atoms with Crippen LogP contribution in [0.25, 0.3) is 0 Å². The Bertz CT molecular complexity index is 444. The average molecular weight is 250 g/mol. The molecular weight excluding hydrogens is 232 g/mol. The molecule has 0 saturated heterocycles. The molecular formula is C13H18N2O3. The summed E-state index contributed by atoms with van der Waals surface area (Å²) in [4.78, 5) is 22.3. The molecule has 0 saturated carbocycles. The lowest BCUT2D eigenvalue weighted by molar-refractivity contribution is -0.129. The fourth-order valence-electron chi connectivity index (χ4n) is 1.27. The van der Waals surface area contributed by atoms with Gasteiger partial charge < -0.3 is 4.74 Å². The first kappa shape index (κ1) is 14.0. The van der Waals surface area contributed by atoms with Crippen molar-refractivity contribution in [1.29, 1.82) is 0 Å². The molecule has 0 aliphatic rings. The Morgan fingerprint density at radius 1 is 1.17 bits per heavy atom. The molecule has 18 heavy (non-hydrogen) atoms. The molecule has 1 aromatic carbocycles. The molecule has 2 amide bonds. The van der Waals surface area contributed by atoms with E-state index < -0.39 is 5.91 Å². The van der Waals surface area contributed by atoms with Gasteiger partial charge in [-0.3, -0.25) is 20.4 Å². The van der Waals surface area contributed by atoms with Crippen LogP contribution in [0.2, 0.25) is 0 Å². The van der Waals surface area contributed by atoms with Crippen molar-refractivity contribution < 1.29 is 14.3 Å². The van der Waals surface area contributed by atoms with Gasteiger partial charge in [-0.05, 0) is 31.0 Å². The Hall–Kier alpha value is -2.04. The average Bonchev–Trinajstić information content (AvgIpc) is 2.36. The topological polar surface area (TPSA) is 67.4 Å². The minimum Gasteiger partial charge on any atom is -0.483 e. The third-order valence-electron chi connectivity index (χ3n) is 2.36. The number of benzene rings is 1. The Morgan fingerprint density at radius 2 is 1.83 bits per heavy atom. The predicted octanol–water partition coefficient (Wildman–Crippen LogP) is 1.24. The Kier molecular flexibility index (Phi) is 5.17. The minimum atomic E-state index is -0.391. The van der Waals surface area contributed by atoms with E-state index in [-0.39, 0.29) is 12.5 Å². The van der Waals surface area contributed by atoms with E-state index in [1.165, 1.54) is 0 Å². The molecule has 5 heteroatoms. The number of rotatable bonds is 4. The highest BCUT2D eigenvalue weighted by atomic mass is 16.5. The lowest BCUT2D eigenvalue weighted by Crippen LogP contribution is -2.43. The van der Waals surface area contributed by atoms with Crippen LogP contribution in [0.15, 0.2) is 18.2 Å². The summed E-state index contributed by atoms with van der Waals surface area (Å²) in [6.07, 6.45) is 0.318. The smallest absolute Gasteiger partial charge is 0.276 e. The maximum absolute atomic E-state index is 11.4. The van der Waals surface area contributed by atoms with E-state index in [1.54, 1.807) is 6.92 Å². The molecule has 1 aromatic rings. The number of hydrazine groups is 1. The van der Waals surface area contributed by atoms with Crippen molar-refractivity contribution in [2.45, 2.75) is 27.2 Å². The first-order valence-corrected chi connectivity index (χ1v) is 5.80. The highest BCUT2D eigenvalue weighted by molar-refractivity contribution is 5.82. The van der Waals surface area contributed by atoms with Gasteiger partial charge in [0, 0.05) is 6.42 Å². The molecule has 0 fully saturated rings. The van der Waals surface area contributed by atoms with Crippen LogP contribution in [-0.4, -0.2) is 18.4 Å². The van der Waals surface area contributed by atoms with Gasteiger partial charge in [-0.15, -0.1) is 0 Å². The summed E-state index contributed by atoms with van der Waals surface area (Å²) in [6.45, 7) is 5.43. The number of aryl methyl sites for hydroxylation is 2. The molecule has 0 aliphatic carbocycles. The number of carbonyl (C=O) groups is 2. The quantitative estimate of drug-likeness (QED) is 0.790. The van der Waals surface area contributed by atoms with Gasteiger partial charge in [-0.25, -0.2) is 0 Å². The second kappa shape index (κ2) is 6.64. The zero-order chi connectivity index (χ0) is 13.5. The van der Waals surface area contributed by atoms with Crippen LogP contribution in [-0.2, 0) is 9.59 Å². The largest absolute Gasteiger partial charge is 0.483 e.